The first kappa shape index (κ1) is 23.3. The Morgan fingerprint density at radius 3 is 1.82 bits per heavy atom. The summed E-state index contributed by atoms with van der Waals surface area (Å²) >= 11 is 0. The van der Waals surface area contributed by atoms with Crippen LogP contribution < -0.4 is 0 Å². The lowest BCUT2D eigenvalue weighted by Gasteiger charge is -2.09. The van der Waals surface area contributed by atoms with Gasteiger partial charge in [0.1, 0.15) is 16.7 Å². The minimum absolute atomic E-state index is 0.0547. The molecule has 0 aliphatic heterocycles. The van der Waals surface area contributed by atoms with Crippen LogP contribution >= 0.6 is 0 Å². The third-order valence-corrected chi connectivity index (χ3v) is 9.56. The molecule has 0 amide bonds. The summed E-state index contributed by atoms with van der Waals surface area (Å²) in [4.78, 5) is 14.5. The second-order valence-electron chi connectivity index (χ2n) is 12.4. The number of para-hydroxylation sites is 5. The molecule has 51 heavy (non-hydrogen) atoms. The first-order chi connectivity index (χ1) is 27.4. The SMILES string of the molecule is [2H]c1c([2H])c([2H])c(-c2nc(-c3ccc4oc5c(-n6c7ccccc7c7ccccc76)cccc5c4c3)nc(-c3cccc4c3oc3ccccc34)n2)c([2H])c1[2H]. The van der Waals surface area contributed by atoms with Gasteiger partial charge in [0.05, 0.1) is 29.1 Å². The Balaban J connectivity index is 1.15. The summed E-state index contributed by atoms with van der Waals surface area (Å²) in [6.07, 6.45) is 0. The van der Waals surface area contributed by atoms with Gasteiger partial charge in [-0.2, -0.15) is 0 Å². The molecule has 4 aromatic heterocycles. The summed E-state index contributed by atoms with van der Waals surface area (Å²) in [6.45, 7) is 0. The lowest BCUT2D eigenvalue weighted by Crippen LogP contribution is -2.00. The van der Waals surface area contributed by atoms with Gasteiger partial charge < -0.3 is 13.4 Å². The molecule has 0 saturated carbocycles. The highest BCUT2D eigenvalue weighted by Crippen LogP contribution is 2.40. The van der Waals surface area contributed by atoms with E-state index in [0.717, 1.165) is 54.6 Å². The predicted octanol–water partition coefficient (Wildman–Crippen LogP) is 11.8. The van der Waals surface area contributed by atoms with Crippen molar-refractivity contribution in [2.75, 3.05) is 0 Å². The van der Waals surface area contributed by atoms with Crippen LogP contribution in [0.25, 0.3) is 106 Å². The highest BCUT2D eigenvalue weighted by Gasteiger charge is 2.20. The van der Waals surface area contributed by atoms with Crippen molar-refractivity contribution in [3.8, 4) is 39.9 Å². The quantitative estimate of drug-likeness (QED) is 0.188. The van der Waals surface area contributed by atoms with E-state index in [2.05, 4.69) is 47.0 Å². The van der Waals surface area contributed by atoms with Gasteiger partial charge in [-0.1, -0.05) is 109 Å². The molecule has 0 aliphatic carbocycles. The maximum absolute atomic E-state index is 8.78. The van der Waals surface area contributed by atoms with Gasteiger partial charge in [-0.05, 0) is 48.5 Å². The number of hydrogen-bond acceptors (Lipinski definition) is 5. The van der Waals surface area contributed by atoms with Crippen LogP contribution in [-0.4, -0.2) is 19.5 Å². The molecule has 238 valence electrons. The van der Waals surface area contributed by atoms with Gasteiger partial charge >= 0.3 is 0 Å². The van der Waals surface area contributed by atoms with E-state index in [4.69, 9.17) is 30.6 Å². The number of fused-ring (bicyclic) bond motifs is 9. The van der Waals surface area contributed by atoms with Crippen LogP contribution in [-0.2, 0) is 0 Å². The summed E-state index contributed by atoms with van der Waals surface area (Å²) < 4.78 is 57.7. The van der Waals surface area contributed by atoms with Crippen molar-refractivity contribution in [2.24, 2.45) is 0 Å². The van der Waals surface area contributed by atoms with E-state index < -0.39 is 30.2 Å². The highest BCUT2D eigenvalue weighted by atomic mass is 16.3. The normalized spacial score (nSPS) is 13.3. The van der Waals surface area contributed by atoms with Crippen molar-refractivity contribution < 1.29 is 15.7 Å². The average molecular weight is 660 g/mol. The largest absolute Gasteiger partial charge is 0.455 e. The van der Waals surface area contributed by atoms with Gasteiger partial charge in [0.15, 0.2) is 23.1 Å². The highest BCUT2D eigenvalue weighted by molar-refractivity contribution is 6.13. The van der Waals surface area contributed by atoms with Crippen LogP contribution in [0.2, 0.25) is 0 Å². The molecular weight excluding hydrogens is 629 g/mol. The fourth-order valence-electron chi connectivity index (χ4n) is 7.30. The molecule has 4 heterocycles. The van der Waals surface area contributed by atoms with Gasteiger partial charge in [0.2, 0.25) is 0 Å². The van der Waals surface area contributed by atoms with Gasteiger partial charge in [-0.25, -0.2) is 15.0 Å². The van der Waals surface area contributed by atoms with Gasteiger partial charge in [0.25, 0.3) is 0 Å². The summed E-state index contributed by atoms with van der Waals surface area (Å²) in [5.74, 6) is 0.424. The van der Waals surface area contributed by atoms with E-state index in [1.807, 2.05) is 84.9 Å². The van der Waals surface area contributed by atoms with Crippen molar-refractivity contribution >= 4 is 65.7 Å². The molecule has 0 N–H and O–H groups in total. The third-order valence-electron chi connectivity index (χ3n) is 9.56. The molecule has 0 bridgehead atoms. The van der Waals surface area contributed by atoms with Crippen molar-refractivity contribution in [1.29, 1.82) is 0 Å². The zero-order valence-corrected chi connectivity index (χ0v) is 26.7. The molecule has 6 heteroatoms. The molecule has 11 rings (SSSR count). The van der Waals surface area contributed by atoms with E-state index in [9.17, 15) is 0 Å². The topological polar surface area (TPSA) is 69.9 Å². The molecule has 7 aromatic carbocycles. The Hall–Kier alpha value is -7.05. The van der Waals surface area contributed by atoms with Crippen molar-refractivity contribution in [1.82, 2.24) is 19.5 Å². The minimum atomic E-state index is -0.497. The molecule has 6 nitrogen and oxygen atoms in total. The summed E-state index contributed by atoms with van der Waals surface area (Å²) in [7, 11) is 0. The fourth-order valence-corrected chi connectivity index (χ4v) is 7.30. The van der Waals surface area contributed by atoms with E-state index in [1.165, 1.54) is 0 Å². The molecule has 0 atom stereocenters. The summed E-state index contributed by atoms with van der Waals surface area (Å²) in [5, 5.41) is 5.84. The first-order valence-electron chi connectivity index (χ1n) is 19.0. The molecule has 0 radical (unpaired) electrons. The summed E-state index contributed by atoms with van der Waals surface area (Å²) in [5.41, 5.74) is 6.77. The molecule has 0 fully saturated rings. The number of aromatic nitrogens is 4. The van der Waals surface area contributed by atoms with Crippen molar-refractivity contribution in [3.05, 3.63) is 158 Å². The number of furan rings is 2. The number of benzene rings is 7. The smallest absolute Gasteiger partial charge is 0.167 e. The average Bonchev–Trinajstić information content (AvgIpc) is 3.92. The predicted molar refractivity (Wildman–Crippen MR) is 205 cm³/mol. The van der Waals surface area contributed by atoms with Crippen LogP contribution in [0.4, 0.5) is 0 Å². The maximum atomic E-state index is 8.78. The Labute approximate surface area is 297 Å². The van der Waals surface area contributed by atoms with Crippen molar-refractivity contribution in [3.63, 3.8) is 0 Å². The Morgan fingerprint density at radius 2 is 1.04 bits per heavy atom. The van der Waals surface area contributed by atoms with Crippen LogP contribution in [0.5, 0.6) is 0 Å². The number of rotatable bonds is 4. The second-order valence-corrected chi connectivity index (χ2v) is 12.4. The van der Waals surface area contributed by atoms with Crippen LogP contribution in [0.1, 0.15) is 6.85 Å². The van der Waals surface area contributed by atoms with E-state index in [0.29, 0.717) is 27.9 Å². The van der Waals surface area contributed by atoms with E-state index in [-0.39, 0.29) is 23.0 Å². The zero-order valence-electron chi connectivity index (χ0n) is 31.7. The van der Waals surface area contributed by atoms with Crippen molar-refractivity contribution in [2.45, 2.75) is 0 Å². The Bertz CT molecular complexity index is 3380. The third kappa shape index (κ3) is 4.20. The van der Waals surface area contributed by atoms with E-state index >= 15 is 0 Å². The molecule has 0 spiro atoms. The van der Waals surface area contributed by atoms with Gasteiger partial charge in [-0.3, -0.25) is 0 Å². The monoisotopic (exact) mass is 659 g/mol. The molecule has 0 aliphatic rings. The Kier molecular flexibility index (Phi) is 4.91. The number of nitrogens with zero attached hydrogens (tertiary/aromatic N) is 4. The molecule has 0 unspecified atom stereocenters. The Morgan fingerprint density at radius 1 is 0.451 bits per heavy atom. The molecule has 0 saturated heterocycles. The zero-order chi connectivity index (χ0) is 37.8. The van der Waals surface area contributed by atoms with Gasteiger partial charge in [0, 0.05) is 43.4 Å². The molecular formula is C45H26N4O2. The maximum Gasteiger partial charge on any atom is 0.167 e. The minimum Gasteiger partial charge on any atom is -0.455 e. The van der Waals surface area contributed by atoms with Crippen LogP contribution in [0.15, 0.2) is 166 Å². The summed E-state index contributed by atoms with van der Waals surface area (Å²) in [6, 6.07) is 39.7. The van der Waals surface area contributed by atoms with Gasteiger partial charge in [-0.15, -0.1) is 0 Å². The second kappa shape index (κ2) is 10.7. The van der Waals surface area contributed by atoms with E-state index in [1.54, 1.807) is 0 Å². The molecule has 11 aromatic rings. The number of hydrogen-bond donors (Lipinski definition) is 0. The van der Waals surface area contributed by atoms with Crippen LogP contribution in [0.3, 0.4) is 0 Å². The fraction of sp³-hybridized carbons (Fsp3) is 0. The first-order valence-corrected chi connectivity index (χ1v) is 16.5. The standard InChI is InChI=1S/C45H26N4O2/c1-2-12-27(13-3-1)43-46-44(48-45(47-43)34-19-10-17-32-31-16-6-9-23-39(31)50-41(32)34)28-24-25-40-35(26-28)33-18-11-22-38(42(33)51-40)49-36-20-7-4-14-29(36)30-15-5-8-21-37(30)49/h1-26H/i1D,2D,3D,12D,13D. The lowest BCUT2D eigenvalue weighted by atomic mass is 10.1. The lowest BCUT2D eigenvalue weighted by molar-refractivity contribution is 0.666. The van der Waals surface area contributed by atoms with Crippen LogP contribution in [0, 0.1) is 0 Å².